The SMILES string of the molecule is COc1ccc(Cc2ccc(N3CC[C@H]3C(=O)O)nc2)c(F)c1-c1cccc(Cl)c1.COc1ccc(Cc2ccc(N3CC[C@H]3C(N)=O)nc2)c(F)c1-c1cccc(Cl)c1. The third-order valence-corrected chi connectivity index (χ3v) is 11.2. The van der Waals surface area contributed by atoms with Gasteiger partial charge in [-0.1, -0.05) is 71.7 Å². The first kappa shape index (κ1) is 41.9. The number of rotatable bonds is 12. The van der Waals surface area contributed by atoms with Gasteiger partial charge in [-0.2, -0.15) is 0 Å². The number of carboxylic acids is 1. The number of ether oxygens (including phenoxy) is 2. The van der Waals surface area contributed by atoms with Crippen molar-refractivity contribution < 1.29 is 33.0 Å². The van der Waals surface area contributed by atoms with E-state index < -0.39 is 12.0 Å². The van der Waals surface area contributed by atoms with Crippen molar-refractivity contribution in [2.24, 2.45) is 5.73 Å². The van der Waals surface area contributed by atoms with Gasteiger partial charge in [0.2, 0.25) is 5.91 Å². The van der Waals surface area contributed by atoms with E-state index in [4.69, 9.17) is 38.4 Å². The van der Waals surface area contributed by atoms with Crippen LogP contribution in [0.2, 0.25) is 10.0 Å². The minimum absolute atomic E-state index is 0.303. The normalized spacial score (nSPS) is 15.6. The molecule has 0 bridgehead atoms. The molecular formula is C46H41Cl2F2N5O5. The molecule has 0 radical (unpaired) electrons. The number of hydrogen-bond acceptors (Lipinski definition) is 8. The smallest absolute Gasteiger partial charge is 0.326 e. The second kappa shape index (κ2) is 18.4. The van der Waals surface area contributed by atoms with Crippen LogP contribution in [0.25, 0.3) is 22.3 Å². The number of carboxylic acid groups (broad SMARTS) is 1. The lowest BCUT2D eigenvalue weighted by molar-refractivity contribution is -0.140. The second-order valence-electron chi connectivity index (χ2n) is 14.4. The van der Waals surface area contributed by atoms with E-state index >= 15 is 8.78 Å². The molecule has 0 spiro atoms. The summed E-state index contributed by atoms with van der Waals surface area (Å²) >= 11 is 12.2. The van der Waals surface area contributed by atoms with Crippen LogP contribution in [0, 0.1) is 11.6 Å². The molecule has 2 atom stereocenters. The molecule has 0 aliphatic carbocycles. The van der Waals surface area contributed by atoms with Crippen LogP contribution in [0.15, 0.2) is 109 Å². The van der Waals surface area contributed by atoms with Gasteiger partial charge in [-0.25, -0.2) is 23.5 Å². The van der Waals surface area contributed by atoms with E-state index in [-0.39, 0.29) is 23.6 Å². The highest BCUT2D eigenvalue weighted by Gasteiger charge is 2.35. The molecule has 2 saturated heterocycles. The highest BCUT2D eigenvalue weighted by atomic mass is 35.5. The Labute approximate surface area is 356 Å². The first-order valence-corrected chi connectivity index (χ1v) is 19.9. The Morgan fingerprint density at radius 3 is 1.48 bits per heavy atom. The van der Waals surface area contributed by atoms with E-state index in [0.717, 1.165) is 24.1 Å². The van der Waals surface area contributed by atoms with Crippen LogP contribution in [0.5, 0.6) is 11.5 Å². The zero-order chi connectivity index (χ0) is 42.5. The number of nitrogens with zero attached hydrogens (tertiary/aromatic N) is 4. The maximum absolute atomic E-state index is 15.4. The summed E-state index contributed by atoms with van der Waals surface area (Å²) in [6.07, 6.45) is 5.43. The zero-order valence-corrected chi connectivity index (χ0v) is 34.3. The molecule has 60 heavy (non-hydrogen) atoms. The second-order valence-corrected chi connectivity index (χ2v) is 15.3. The molecule has 2 aliphatic heterocycles. The molecule has 308 valence electrons. The maximum atomic E-state index is 15.4. The van der Waals surface area contributed by atoms with Crippen molar-refractivity contribution in [3.8, 4) is 33.8 Å². The molecule has 0 unspecified atom stereocenters. The van der Waals surface area contributed by atoms with Crippen molar-refractivity contribution in [3.05, 3.63) is 153 Å². The van der Waals surface area contributed by atoms with Gasteiger partial charge in [0.25, 0.3) is 0 Å². The fourth-order valence-electron chi connectivity index (χ4n) is 7.34. The monoisotopic (exact) mass is 851 g/mol. The molecule has 3 N–H and O–H groups in total. The average Bonchev–Trinajstić information content (AvgIpc) is 3.19. The summed E-state index contributed by atoms with van der Waals surface area (Å²) < 4.78 is 41.6. The topological polar surface area (TPSA) is 131 Å². The van der Waals surface area contributed by atoms with Gasteiger partial charge in [0.05, 0.1) is 25.3 Å². The minimum Gasteiger partial charge on any atom is -0.496 e. The Hall–Kier alpha value is -6.24. The van der Waals surface area contributed by atoms with Gasteiger partial charge < -0.3 is 30.1 Å². The third-order valence-electron chi connectivity index (χ3n) is 10.7. The molecule has 10 nitrogen and oxygen atoms in total. The fraction of sp³-hybridized carbons (Fsp3) is 0.217. The van der Waals surface area contributed by atoms with Crippen molar-refractivity contribution in [1.82, 2.24) is 9.97 Å². The van der Waals surface area contributed by atoms with Crippen LogP contribution in [-0.4, -0.2) is 66.3 Å². The number of carbonyl (C=O) groups excluding carboxylic acids is 1. The molecule has 1 amide bonds. The Kier molecular flexibility index (Phi) is 12.8. The van der Waals surface area contributed by atoms with Gasteiger partial charge in [-0.05, 0) is 94.8 Å². The molecule has 8 rings (SSSR count). The molecular weight excluding hydrogens is 811 g/mol. The Morgan fingerprint density at radius 1 is 0.700 bits per heavy atom. The summed E-state index contributed by atoms with van der Waals surface area (Å²) in [5, 5.41) is 10.2. The Balaban J connectivity index is 0.000000181. The summed E-state index contributed by atoms with van der Waals surface area (Å²) in [5.74, 6) is 0.288. The highest BCUT2D eigenvalue weighted by Crippen LogP contribution is 2.38. The van der Waals surface area contributed by atoms with E-state index in [1.807, 2.05) is 23.1 Å². The number of nitrogens with two attached hydrogens (primary N) is 1. The van der Waals surface area contributed by atoms with Crippen molar-refractivity contribution in [2.45, 2.75) is 37.8 Å². The van der Waals surface area contributed by atoms with Gasteiger partial charge in [0, 0.05) is 48.4 Å². The largest absolute Gasteiger partial charge is 0.496 e. The first-order valence-electron chi connectivity index (χ1n) is 19.1. The number of amides is 1. The lowest BCUT2D eigenvalue weighted by Crippen LogP contribution is -2.55. The van der Waals surface area contributed by atoms with E-state index in [1.165, 1.54) is 14.2 Å². The van der Waals surface area contributed by atoms with Gasteiger partial charge in [0.1, 0.15) is 46.9 Å². The molecule has 2 fully saturated rings. The number of carbonyl (C=O) groups is 2. The first-order chi connectivity index (χ1) is 28.9. The Bertz CT molecular complexity index is 2350. The van der Waals surface area contributed by atoms with Gasteiger partial charge in [-0.15, -0.1) is 0 Å². The Morgan fingerprint density at radius 2 is 1.15 bits per heavy atom. The quantitative estimate of drug-likeness (QED) is 0.124. The number of benzene rings is 4. The lowest BCUT2D eigenvalue weighted by Gasteiger charge is -2.39. The number of hydrogen-bond donors (Lipinski definition) is 2. The van der Waals surface area contributed by atoms with Gasteiger partial charge >= 0.3 is 5.97 Å². The number of methoxy groups -OCH3 is 2. The van der Waals surface area contributed by atoms with Gasteiger partial charge in [-0.3, -0.25) is 4.79 Å². The van der Waals surface area contributed by atoms with E-state index in [0.29, 0.717) is 92.4 Å². The lowest BCUT2D eigenvalue weighted by atomic mass is 9.97. The van der Waals surface area contributed by atoms with Crippen LogP contribution in [0.3, 0.4) is 0 Å². The molecule has 6 aromatic rings. The number of pyridine rings is 2. The molecule has 4 aromatic carbocycles. The summed E-state index contributed by atoms with van der Waals surface area (Å²) in [7, 11) is 3.02. The van der Waals surface area contributed by atoms with Crippen LogP contribution >= 0.6 is 23.2 Å². The number of primary amides is 1. The van der Waals surface area contributed by atoms with Crippen molar-refractivity contribution in [1.29, 1.82) is 0 Å². The number of anilines is 2. The molecule has 4 heterocycles. The van der Waals surface area contributed by atoms with Crippen molar-refractivity contribution >= 4 is 46.7 Å². The molecule has 2 aromatic heterocycles. The highest BCUT2D eigenvalue weighted by molar-refractivity contribution is 6.31. The van der Waals surface area contributed by atoms with Crippen LogP contribution < -0.4 is 25.0 Å². The number of halogens is 4. The zero-order valence-electron chi connectivity index (χ0n) is 32.7. The number of aromatic nitrogens is 2. The van der Waals surface area contributed by atoms with E-state index in [2.05, 4.69) is 9.97 Å². The van der Waals surface area contributed by atoms with Crippen molar-refractivity contribution in [2.75, 3.05) is 37.1 Å². The number of aliphatic carboxylic acids is 1. The van der Waals surface area contributed by atoms with Crippen LogP contribution in [0.4, 0.5) is 20.4 Å². The summed E-state index contributed by atoms with van der Waals surface area (Å²) in [5.41, 5.74) is 10.2. The van der Waals surface area contributed by atoms with E-state index in [9.17, 15) is 14.7 Å². The molecule has 0 saturated carbocycles. The van der Waals surface area contributed by atoms with Crippen LogP contribution in [-0.2, 0) is 22.4 Å². The predicted molar refractivity (Wildman–Crippen MR) is 229 cm³/mol. The fourth-order valence-corrected chi connectivity index (χ4v) is 7.72. The summed E-state index contributed by atoms with van der Waals surface area (Å²) in [6, 6.07) is 27.5. The minimum atomic E-state index is -0.846. The third kappa shape index (κ3) is 9.00. The summed E-state index contributed by atoms with van der Waals surface area (Å²) in [6.45, 7) is 1.41. The van der Waals surface area contributed by atoms with Gasteiger partial charge in [0.15, 0.2) is 0 Å². The maximum Gasteiger partial charge on any atom is 0.326 e. The average molecular weight is 853 g/mol. The van der Waals surface area contributed by atoms with E-state index in [1.54, 1.807) is 96.2 Å². The molecule has 14 heteroatoms. The predicted octanol–water partition coefficient (Wildman–Crippen LogP) is 9.01. The standard InChI is InChI=1S/C23H21ClFN3O2.C23H20ClFN2O3/c1-30-19-7-6-16(22(25)21(19)15-3-2-4-17(24)12-15)11-14-5-8-20(27-13-14)28-10-9-18(28)23(26)29;1-30-19-7-6-16(22(25)21(19)15-3-2-4-17(24)12-15)11-14-5-8-20(26-13-14)27-10-9-18(27)23(28)29/h2-8,12-13,18H,9-11H2,1H3,(H2,26,29);2-8,12-13,18H,9-11H2,1H3,(H,28,29)/t2*18-/m00/s1. The van der Waals surface area contributed by atoms with Crippen molar-refractivity contribution in [3.63, 3.8) is 0 Å². The summed E-state index contributed by atoms with van der Waals surface area (Å²) in [4.78, 5) is 35.1. The molecule has 2 aliphatic rings. The van der Waals surface area contributed by atoms with Crippen LogP contribution in [0.1, 0.15) is 35.1 Å².